The lowest BCUT2D eigenvalue weighted by molar-refractivity contribution is 0.272. The molecule has 0 radical (unpaired) electrons. The van der Waals surface area contributed by atoms with Crippen molar-refractivity contribution in [2.24, 2.45) is 4.99 Å². The van der Waals surface area contributed by atoms with Gasteiger partial charge >= 0.3 is 0 Å². The van der Waals surface area contributed by atoms with Crippen molar-refractivity contribution in [2.45, 2.75) is 65.1 Å². The number of unbranched alkanes of at least 4 members (excludes halogenated alkanes) is 1. The molecular weight excluding hydrogens is 310 g/mol. The van der Waals surface area contributed by atoms with E-state index in [0.717, 1.165) is 31.8 Å². The van der Waals surface area contributed by atoms with Crippen molar-refractivity contribution in [3.63, 3.8) is 0 Å². The Bertz CT molecular complexity index is 620. The number of fused-ring (bicyclic) bond motifs is 1. The van der Waals surface area contributed by atoms with Crippen LogP contribution in [-0.4, -0.2) is 47.6 Å². The molecule has 0 saturated carbocycles. The largest absolute Gasteiger partial charge is 0.360 e. The molecule has 0 spiro atoms. The van der Waals surface area contributed by atoms with Gasteiger partial charge in [-0.2, -0.15) is 0 Å². The number of nitrogens with zero attached hydrogens (tertiary/aromatic N) is 3. The first-order valence-electron chi connectivity index (χ1n) is 9.59. The van der Waals surface area contributed by atoms with Crippen LogP contribution in [-0.2, 0) is 0 Å². The molecule has 0 aromatic heterocycles. The monoisotopic (exact) mass is 343 g/mol. The summed E-state index contributed by atoms with van der Waals surface area (Å²) < 4.78 is 0. The smallest absolute Gasteiger partial charge is 0.168 e. The summed E-state index contributed by atoms with van der Waals surface area (Å²) in [5.41, 5.74) is 7.49. The van der Waals surface area contributed by atoms with Crippen molar-refractivity contribution >= 4 is 5.84 Å². The van der Waals surface area contributed by atoms with Crippen molar-refractivity contribution in [3.8, 4) is 0 Å². The van der Waals surface area contributed by atoms with E-state index in [2.05, 4.69) is 73.7 Å². The fourth-order valence-electron chi connectivity index (χ4n) is 3.43. The summed E-state index contributed by atoms with van der Waals surface area (Å²) in [6, 6.07) is 0. The fraction of sp³-hybridized carbons (Fsp3) is 0.650. The van der Waals surface area contributed by atoms with Crippen molar-refractivity contribution in [1.82, 2.24) is 20.7 Å². The highest BCUT2D eigenvalue weighted by Gasteiger charge is 2.32. The van der Waals surface area contributed by atoms with Gasteiger partial charge in [-0.05, 0) is 58.7 Å². The zero-order chi connectivity index (χ0) is 18.0. The van der Waals surface area contributed by atoms with Gasteiger partial charge in [0.15, 0.2) is 5.84 Å². The second-order valence-electron chi connectivity index (χ2n) is 8.33. The Morgan fingerprint density at radius 1 is 1.36 bits per heavy atom. The average molecular weight is 344 g/mol. The summed E-state index contributed by atoms with van der Waals surface area (Å²) in [6.07, 6.45) is 11.5. The van der Waals surface area contributed by atoms with Crippen molar-refractivity contribution in [2.75, 3.05) is 20.1 Å². The highest BCUT2D eigenvalue weighted by Crippen LogP contribution is 2.30. The molecule has 0 bridgehead atoms. The molecule has 5 heteroatoms. The van der Waals surface area contributed by atoms with Gasteiger partial charge in [0.1, 0.15) is 6.17 Å². The van der Waals surface area contributed by atoms with E-state index in [1.165, 1.54) is 29.7 Å². The number of likely N-dealkylation sites (N-methyl/N-ethyl adjacent to an activating group) is 1. The number of hydrazine groups is 1. The lowest BCUT2D eigenvalue weighted by atomic mass is 9.95. The molecular formula is C20H33N5. The molecule has 0 aromatic carbocycles. The lowest BCUT2D eigenvalue weighted by Gasteiger charge is -2.34. The van der Waals surface area contributed by atoms with Crippen LogP contribution < -0.4 is 10.7 Å². The summed E-state index contributed by atoms with van der Waals surface area (Å²) in [5, 5.41) is 5.78. The Morgan fingerprint density at radius 2 is 2.16 bits per heavy atom. The van der Waals surface area contributed by atoms with Gasteiger partial charge in [0.05, 0.1) is 5.70 Å². The fourth-order valence-corrected chi connectivity index (χ4v) is 3.43. The second-order valence-corrected chi connectivity index (χ2v) is 8.33. The van der Waals surface area contributed by atoms with E-state index >= 15 is 0 Å². The normalized spacial score (nSPS) is 24.2. The summed E-state index contributed by atoms with van der Waals surface area (Å²) in [6.45, 7) is 10.9. The summed E-state index contributed by atoms with van der Waals surface area (Å²) in [4.78, 5) is 7.35. The van der Waals surface area contributed by atoms with E-state index in [1.54, 1.807) is 0 Å². The zero-order valence-electron chi connectivity index (χ0n) is 16.4. The van der Waals surface area contributed by atoms with Crippen LogP contribution in [0.5, 0.6) is 0 Å². The van der Waals surface area contributed by atoms with Crippen molar-refractivity contribution < 1.29 is 0 Å². The molecule has 0 aromatic rings. The molecule has 3 aliphatic rings. The molecule has 25 heavy (non-hydrogen) atoms. The minimum atomic E-state index is -0.0101. The summed E-state index contributed by atoms with van der Waals surface area (Å²) >= 11 is 0. The lowest BCUT2D eigenvalue weighted by Crippen LogP contribution is -2.50. The maximum absolute atomic E-state index is 5.00. The third-order valence-corrected chi connectivity index (χ3v) is 4.75. The van der Waals surface area contributed by atoms with Crippen molar-refractivity contribution in [3.05, 3.63) is 35.2 Å². The van der Waals surface area contributed by atoms with Crippen LogP contribution in [0, 0.1) is 0 Å². The van der Waals surface area contributed by atoms with Gasteiger partial charge in [-0.3, -0.25) is 5.01 Å². The zero-order valence-corrected chi connectivity index (χ0v) is 16.4. The number of hydrogen-bond donors (Lipinski definition) is 2. The van der Waals surface area contributed by atoms with E-state index in [1.807, 2.05) is 0 Å². The van der Waals surface area contributed by atoms with E-state index < -0.39 is 0 Å². The van der Waals surface area contributed by atoms with Gasteiger partial charge in [-0.1, -0.05) is 19.4 Å². The number of rotatable bonds is 5. The molecule has 3 aliphatic heterocycles. The van der Waals surface area contributed by atoms with E-state index in [0.29, 0.717) is 0 Å². The van der Waals surface area contributed by atoms with E-state index in [9.17, 15) is 0 Å². The average Bonchev–Trinajstić information content (AvgIpc) is 2.97. The number of hydrogen-bond acceptors (Lipinski definition) is 5. The van der Waals surface area contributed by atoms with Crippen molar-refractivity contribution in [1.29, 1.82) is 0 Å². The maximum atomic E-state index is 5.00. The quantitative estimate of drug-likeness (QED) is 0.805. The maximum Gasteiger partial charge on any atom is 0.168 e. The first-order chi connectivity index (χ1) is 11.9. The third kappa shape index (κ3) is 4.33. The van der Waals surface area contributed by atoms with Gasteiger partial charge in [0, 0.05) is 30.4 Å². The highest BCUT2D eigenvalue weighted by atomic mass is 15.6. The molecule has 138 valence electrons. The SMILES string of the molecule is CCCCC1N=C2C(=C(C3=CCN(C)CC3)C=CN2NC(C)(C)C)N1. The Kier molecular flexibility index (Phi) is 5.35. The third-order valence-electron chi connectivity index (χ3n) is 4.75. The van der Waals surface area contributed by atoms with Crippen LogP contribution >= 0.6 is 0 Å². The molecule has 3 heterocycles. The minimum Gasteiger partial charge on any atom is -0.360 e. The Labute approximate surface area is 152 Å². The van der Waals surface area contributed by atoms with E-state index in [-0.39, 0.29) is 11.7 Å². The molecule has 5 nitrogen and oxygen atoms in total. The minimum absolute atomic E-state index is 0.0101. The van der Waals surface area contributed by atoms with Crippen LogP contribution in [0.4, 0.5) is 0 Å². The first-order valence-corrected chi connectivity index (χ1v) is 9.59. The molecule has 1 atom stereocenters. The van der Waals surface area contributed by atoms with Crippen LogP contribution in [0.25, 0.3) is 0 Å². The topological polar surface area (TPSA) is 42.9 Å². The Hall–Kier alpha value is -1.59. The summed E-state index contributed by atoms with van der Waals surface area (Å²) in [7, 11) is 2.18. The van der Waals surface area contributed by atoms with Gasteiger partial charge < -0.3 is 10.2 Å². The van der Waals surface area contributed by atoms with Crippen LogP contribution in [0.2, 0.25) is 0 Å². The predicted octanol–water partition coefficient (Wildman–Crippen LogP) is 3.15. The van der Waals surface area contributed by atoms with E-state index in [4.69, 9.17) is 4.99 Å². The first kappa shape index (κ1) is 18.2. The number of allylic oxidation sites excluding steroid dienone is 2. The number of aliphatic imine (C=N–C) groups is 1. The molecule has 3 rings (SSSR count). The van der Waals surface area contributed by atoms with Gasteiger partial charge in [-0.15, -0.1) is 0 Å². The van der Waals surface area contributed by atoms with Crippen LogP contribution in [0.15, 0.2) is 40.2 Å². The van der Waals surface area contributed by atoms with Crippen LogP contribution in [0.1, 0.15) is 53.4 Å². The highest BCUT2D eigenvalue weighted by molar-refractivity contribution is 6.02. The summed E-state index contributed by atoms with van der Waals surface area (Å²) in [5.74, 6) is 1.04. The number of nitrogens with one attached hydrogen (secondary N) is 2. The van der Waals surface area contributed by atoms with Crippen LogP contribution in [0.3, 0.4) is 0 Å². The predicted molar refractivity (Wildman–Crippen MR) is 105 cm³/mol. The standard InChI is InChI=1S/C20H33N5/c1-6-7-8-17-21-18-16(15-9-12-24(5)13-10-15)11-14-25(19(18)22-17)23-20(2,3)4/h9,11,14,17,21,23H,6-8,10,12-13H2,1-5H3. The van der Waals surface area contributed by atoms with Gasteiger partial charge in [-0.25, -0.2) is 10.4 Å². The second kappa shape index (κ2) is 7.34. The molecule has 1 unspecified atom stereocenters. The molecule has 0 saturated heterocycles. The Balaban J connectivity index is 1.88. The molecule has 2 N–H and O–H groups in total. The molecule has 0 amide bonds. The van der Waals surface area contributed by atoms with Gasteiger partial charge in [0.25, 0.3) is 0 Å². The van der Waals surface area contributed by atoms with Gasteiger partial charge in [0.2, 0.25) is 0 Å². The Morgan fingerprint density at radius 3 is 2.80 bits per heavy atom. The number of amidine groups is 1. The molecule has 0 aliphatic carbocycles. The molecule has 0 fully saturated rings.